The molecule has 0 aliphatic heterocycles. The molecule has 5 nitrogen and oxygen atoms in total. The van der Waals surface area contributed by atoms with Crippen LogP contribution in [0, 0.1) is 11.3 Å². The first-order valence-electron chi connectivity index (χ1n) is 4.88. The number of ether oxygens (including phenoxy) is 1. The second-order valence-corrected chi connectivity index (χ2v) is 3.22. The molecule has 0 atom stereocenters. The second-order valence-electron chi connectivity index (χ2n) is 3.22. The highest BCUT2D eigenvalue weighted by atomic mass is 19.4. The Hall–Kier alpha value is -2.56. The normalized spacial score (nSPS) is 11.6. The van der Waals surface area contributed by atoms with Crippen molar-refractivity contribution in [2.45, 2.75) is 6.18 Å². The first kappa shape index (κ1) is 14.5. The molecule has 0 radical (unpaired) electrons. The van der Waals surface area contributed by atoms with Gasteiger partial charge in [0.05, 0.1) is 18.4 Å². The number of hydrogen-bond donors (Lipinski definition) is 1. The monoisotopic (exact) mass is 271 g/mol. The number of nitrogens with one attached hydrogen (secondary N) is 1. The van der Waals surface area contributed by atoms with Gasteiger partial charge >= 0.3 is 12.1 Å². The fourth-order valence-electron chi connectivity index (χ4n) is 1.16. The predicted octanol–water partition coefficient (Wildman–Crippen LogP) is 2.17. The average molecular weight is 271 g/mol. The zero-order valence-electron chi connectivity index (χ0n) is 9.65. The van der Waals surface area contributed by atoms with Crippen LogP contribution in [0.5, 0.6) is 0 Å². The molecular weight excluding hydrogens is 263 g/mol. The minimum Gasteiger partial charge on any atom is -0.464 e. The highest BCUT2D eigenvalue weighted by Crippen LogP contribution is 2.34. The number of alkyl halides is 3. The van der Waals surface area contributed by atoms with E-state index in [2.05, 4.69) is 9.84 Å². The van der Waals surface area contributed by atoms with E-state index in [9.17, 15) is 18.0 Å². The molecule has 1 N–H and O–H groups in total. The zero-order chi connectivity index (χ0) is 14.5. The molecule has 0 amide bonds. The van der Waals surface area contributed by atoms with Crippen molar-refractivity contribution in [1.82, 2.24) is 0 Å². The zero-order valence-corrected chi connectivity index (χ0v) is 9.65. The number of methoxy groups -OCH3 is 1. The van der Waals surface area contributed by atoms with Gasteiger partial charge < -0.3 is 4.74 Å². The van der Waals surface area contributed by atoms with Crippen LogP contribution < -0.4 is 5.43 Å². The number of hydrazone groups is 1. The molecular formula is C11H8F3N3O2. The fraction of sp³-hybridized carbons (Fsp3) is 0.182. The first-order valence-corrected chi connectivity index (χ1v) is 4.88. The van der Waals surface area contributed by atoms with Crippen molar-refractivity contribution >= 4 is 17.4 Å². The summed E-state index contributed by atoms with van der Waals surface area (Å²) >= 11 is 0. The lowest BCUT2D eigenvalue weighted by Crippen LogP contribution is -2.16. The number of rotatable bonds is 3. The van der Waals surface area contributed by atoms with Crippen LogP contribution in [-0.2, 0) is 15.7 Å². The fourth-order valence-corrected chi connectivity index (χ4v) is 1.16. The number of benzene rings is 1. The Bertz CT molecular complexity index is 547. The van der Waals surface area contributed by atoms with Gasteiger partial charge in [0.2, 0.25) is 5.71 Å². The summed E-state index contributed by atoms with van der Waals surface area (Å²) < 4.78 is 42.1. The van der Waals surface area contributed by atoms with Crippen molar-refractivity contribution in [3.63, 3.8) is 0 Å². The number of anilines is 1. The van der Waals surface area contributed by atoms with Crippen molar-refractivity contribution in [1.29, 1.82) is 5.26 Å². The third-order valence-electron chi connectivity index (χ3n) is 2.01. The SMILES string of the molecule is COC(=O)/C(C#N)=N/Nc1ccccc1C(F)(F)F. The van der Waals surface area contributed by atoms with E-state index in [0.29, 0.717) is 0 Å². The standard InChI is InChI=1S/C11H8F3N3O2/c1-19-10(18)9(6-15)17-16-8-5-3-2-4-7(8)11(12,13)14/h2-5,16H,1H3/b17-9+. The van der Waals surface area contributed by atoms with Crippen LogP contribution in [0.15, 0.2) is 29.4 Å². The molecule has 0 bridgehead atoms. The number of esters is 1. The molecule has 100 valence electrons. The van der Waals surface area contributed by atoms with Crippen molar-refractivity contribution in [3.05, 3.63) is 29.8 Å². The van der Waals surface area contributed by atoms with E-state index in [1.165, 1.54) is 18.2 Å². The van der Waals surface area contributed by atoms with Gasteiger partial charge in [-0.05, 0) is 12.1 Å². The summed E-state index contributed by atoms with van der Waals surface area (Å²) in [5.41, 5.74) is 0.0233. The maximum atomic E-state index is 12.6. The van der Waals surface area contributed by atoms with Gasteiger partial charge in [-0.25, -0.2) is 4.79 Å². The van der Waals surface area contributed by atoms with Gasteiger partial charge in [-0.15, -0.1) is 0 Å². The molecule has 1 aromatic carbocycles. The molecule has 8 heteroatoms. The summed E-state index contributed by atoms with van der Waals surface area (Å²) in [5.74, 6) is -1.04. The molecule has 0 heterocycles. The Balaban J connectivity index is 3.05. The van der Waals surface area contributed by atoms with E-state index < -0.39 is 23.4 Å². The van der Waals surface area contributed by atoms with Gasteiger partial charge in [0.25, 0.3) is 0 Å². The Morgan fingerprint density at radius 3 is 2.58 bits per heavy atom. The van der Waals surface area contributed by atoms with Crippen LogP contribution >= 0.6 is 0 Å². The van der Waals surface area contributed by atoms with Crippen LogP contribution in [-0.4, -0.2) is 18.8 Å². The summed E-state index contributed by atoms with van der Waals surface area (Å²) in [5, 5.41) is 11.9. The van der Waals surface area contributed by atoms with Crippen LogP contribution in [0.2, 0.25) is 0 Å². The van der Waals surface area contributed by atoms with E-state index in [-0.39, 0.29) is 5.69 Å². The number of para-hydroxylation sites is 1. The van der Waals surface area contributed by atoms with Gasteiger partial charge in [-0.2, -0.15) is 23.5 Å². The first-order chi connectivity index (χ1) is 8.90. The Morgan fingerprint density at radius 2 is 2.05 bits per heavy atom. The number of halogens is 3. The van der Waals surface area contributed by atoms with E-state index in [1.54, 1.807) is 0 Å². The Labute approximate surface area is 106 Å². The van der Waals surface area contributed by atoms with Crippen LogP contribution in [0.1, 0.15) is 5.56 Å². The molecule has 19 heavy (non-hydrogen) atoms. The minimum absolute atomic E-state index is 0.369. The highest BCUT2D eigenvalue weighted by molar-refractivity contribution is 6.43. The molecule has 0 aromatic heterocycles. The summed E-state index contributed by atoms with van der Waals surface area (Å²) in [6, 6.07) is 5.96. The summed E-state index contributed by atoms with van der Waals surface area (Å²) in [4.78, 5) is 11.0. The molecule has 0 saturated heterocycles. The number of nitrogens with zero attached hydrogens (tertiary/aromatic N) is 2. The summed E-state index contributed by atoms with van der Waals surface area (Å²) in [6.07, 6.45) is -4.57. The molecule has 1 aromatic rings. The number of hydrogen-bond acceptors (Lipinski definition) is 5. The van der Waals surface area contributed by atoms with Gasteiger partial charge in [-0.3, -0.25) is 5.43 Å². The summed E-state index contributed by atoms with van der Waals surface area (Å²) in [7, 11) is 1.03. The van der Waals surface area contributed by atoms with E-state index in [0.717, 1.165) is 19.2 Å². The van der Waals surface area contributed by atoms with Crippen molar-refractivity contribution in [2.24, 2.45) is 5.10 Å². The maximum Gasteiger partial charge on any atom is 0.418 e. The van der Waals surface area contributed by atoms with Gasteiger partial charge in [0.15, 0.2) is 0 Å². The lowest BCUT2D eigenvalue weighted by atomic mass is 10.2. The average Bonchev–Trinajstić information content (AvgIpc) is 2.38. The molecule has 0 spiro atoms. The van der Waals surface area contributed by atoms with Crippen molar-refractivity contribution in [2.75, 3.05) is 12.5 Å². The lowest BCUT2D eigenvalue weighted by Gasteiger charge is -2.11. The molecule has 0 fully saturated rings. The van der Waals surface area contributed by atoms with E-state index in [4.69, 9.17) is 5.26 Å². The Morgan fingerprint density at radius 1 is 1.42 bits per heavy atom. The van der Waals surface area contributed by atoms with E-state index >= 15 is 0 Å². The largest absolute Gasteiger partial charge is 0.464 e. The van der Waals surface area contributed by atoms with Gasteiger partial charge in [0, 0.05) is 0 Å². The third-order valence-corrected chi connectivity index (χ3v) is 2.01. The highest BCUT2D eigenvalue weighted by Gasteiger charge is 2.33. The molecule has 1 rings (SSSR count). The quantitative estimate of drug-likeness (QED) is 0.519. The second kappa shape index (κ2) is 5.86. The topological polar surface area (TPSA) is 74.5 Å². The molecule has 0 saturated carbocycles. The number of carbonyl (C=O) groups is 1. The predicted molar refractivity (Wildman–Crippen MR) is 60.1 cm³/mol. The van der Waals surface area contributed by atoms with Crippen LogP contribution in [0.3, 0.4) is 0 Å². The third kappa shape index (κ3) is 3.70. The van der Waals surface area contributed by atoms with Gasteiger partial charge in [0.1, 0.15) is 6.07 Å². The molecule has 0 aliphatic rings. The van der Waals surface area contributed by atoms with E-state index in [1.807, 2.05) is 5.43 Å². The van der Waals surface area contributed by atoms with Crippen molar-refractivity contribution in [3.8, 4) is 6.07 Å². The lowest BCUT2D eigenvalue weighted by molar-refractivity contribution is -0.137. The Kier molecular flexibility index (Phi) is 4.47. The number of carbonyl (C=O) groups excluding carboxylic acids is 1. The smallest absolute Gasteiger partial charge is 0.418 e. The molecule has 0 unspecified atom stereocenters. The minimum atomic E-state index is -4.57. The van der Waals surface area contributed by atoms with Crippen LogP contribution in [0.25, 0.3) is 0 Å². The van der Waals surface area contributed by atoms with Crippen LogP contribution in [0.4, 0.5) is 18.9 Å². The van der Waals surface area contributed by atoms with Crippen molar-refractivity contribution < 1.29 is 22.7 Å². The molecule has 0 aliphatic carbocycles. The summed E-state index contributed by atoms with van der Waals surface area (Å²) in [6.45, 7) is 0. The number of nitriles is 1. The van der Waals surface area contributed by atoms with Gasteiger partial charge in [-0.1, -0.05) is 12.1 Å². The maximum absolute atomic E-state index is 12.6.